The molecule has 2 aromatic rings. The van der Waals surface area contributed by atoms with Crippen LogP contribution in [0.2, 0.25) is 5.02 Å². The van der Waals surface area contributed by atoms with Crippen molar-refractivity contribution in [2.45, 2.75) is 72.6 Å². The molecule has 2 atom stereocenters. The molecular weight excluding hydrogens is 502 g/mol. The summed E-state index contributed by atoms with van der Waals surface area (Å²) < 4.78 is 5.42. The number of benzene rings is 2. The second-order valence-corrected chi connectivity index (χ2v) is 11.2. The molecule has 0 aliphatic heterocycles. The van der Waals surface area contributed by atoms with Gasteiger partial charge in [-0.25, -0.2) is 4.79 Å². The number of aryl methyl sites for hydroxylation is 2. The van der Waals surface area contributed by atoms with Crippen molar-refractivity contribution in [2.24, 2.45) is 5.92 Å². The van der Waals surface area contributed by atoms with Crippen LogP contribution in [0.1, 0.15) is 63.8 Å². The Morgan fingerprint density at radius 3 is 2.24 bits per heavy atom. The van der Waals surface area contributed by atoms with Gasteiger partial charge in [0, 0.05) is 6.54 Å². The van der Waals surface area contributed by atoms with Crippen LogP contribution in [0.3, 0.4) is 0 Å². The van der Waals surface area contributed by atoms with Gasteiger partial charge in [-0.15, -0.1) is 6.58 Å². The zero-order valence-electron chi connectivity index (χ0n) is 23.4. The Labute approximate surface area is 231 Å². The lowest BCUT2D eigenvalue weighted by atomic mass is 9.96. The van der Waals surface area contributed by atoms with E-state index in [1.165, 1.54) is 4.90 Å². The first-order chi connectivity index (χ1) is 17.7. The summed E-state index contributed by atoms with van der Waals surface area (Å²) in [5.74, 6) is -0.754. The predicted octanol–water partition coefficient (Wildman–Crippen LogP) is 6.59. The third kappa shape index (κ3) is 8.62. The highest BCUT2D eigenvalue weighted by Crippen LogP contribution is 2.31. The predicted molar refractivity (Wildman–Crippen MR) is 153 cm³/mol. The summed E-state index contributed by atoms with van der Waals surface area (Å²) in [6.07, 6.45) is 1.23. The number of hydrogen-bond donors (Lipinski definition) is 2. The summed E-state index contributed by atoms with van der Waals surface area (Å²) in [6, 6.07) is 10.8. The fourth-order valence-electron chi connectivity index (χ4n) is 4.13. The molecular formula is C30H40ClN3O4. The lowest BCUT2D eigenvalue weighted by Crippen LogP contribution is -2.53. The molecule has 2 rings (SSSR count). The number of amides is 3. The standard InChI is InChI=1S/C30H40ClN3O4/c1-9-17-34(28(36)24(18-19(2)3)32-29(37)38-30(6,7)8)26(22-15-11-10-13-20(22)4)27(35)33-25-21(5)14-12-16-23(25)31/h9-16,19,24,26H,1,17-18H2,2-8H3,(H,32,37)(H,33,35). The van der Waals surface area contributed by atoms with Crippen molar-refractivity contribution in [3.05, 3.63) is 76.8 Å². The molecule has 2 aromatic carbocycles. The second kappa shape index (κ2) is 13.5. The van der Waals surface area contributed by atoms with E-state index in [1.807, 2.05) is 58.0 Å². The van der Waals surface area contributed by atoms with Crippen LogP contribution in [0.15, 0.2) is 55.1 Å². The van der Waals surface area contributed by atoms with Crippen LogP contribution in [0, 0.1) is 19.8 Å². The summed E-state index contributed by atoms with van der Waals surface area (Å²) in [5.41, 5.74) is 2.04. The lowest BCUT2D eigenvalue weighted by molar-refractivity contribution is -0.140. The highest BCUT2D eigenvalue weighted by molar-refractivity contribution is 6.34. The molecule has 0 heterocycles. The van der Waals surface area contributed by atoms with E-state index in [4.69, 9.17) is 16.3 Å². The third-order valence-electron chi connectivity index (χ3n) is 5.82. The first kappa shape index (κ1) is 30.9. The van der Waals surface area contributed by atoms with Gasteiger partial charge in [0.15, 0.2) is 0 Å². The maximum atomic E-state index is 14.1. The molecule has 8 heteroatoms. The van der Waals surface area contributed by atoms with E-state index in [0.29, 0.717) is 22.7 Å². The molecule has 0 bridgehead atoms. The van der Waals surface area contributed by atoms with Gasteiger partial charge in [-0.3, -0.25) is 9.59 Å². The molecule has 0 fully saturated rings. The molecule has 38 heavy (non-hydrogen) atoms. The Kier molecular flexibility index (Phi) is 11.0. The fourth-order valence-corrected chi connectivity index (χ4v) is 4.40. The zero-order chi connectivity index (χ0) is 28.6. The van der Waals surface area contributed by atoms with E-state index in [9.17, 15) is 14.4 Å². The van der Waals surface area contributed by atoms with Gasteiger partial charge >= 0.3 is 6.09 Å². The van der Waals surface area contributed by atoms with Gasteiger partial charge in [0.2, 0.25) is 5.91 Å². The quantitative estimate of drug-likeness (QED) is 0.332. The number of nitrogens with zero attached hydrogens (tertiary/aromatic N) is 1. The zero-order valence-corrected chi connectivity index (χ0v) is 24.2. The number of alkyl carbamates (subject to hydrolysis) is 1. The van der Waals surface area contributed by atoms with Crippen LogP contribution >= 0.6 is 11.6 Å². The Balaban J connectivity index is 2.56. The number of ether oxygens (including phenoxy) is 1. The monoisotopic (exact) mass is 541 g/mol. The number of carbonyl (C=O) groups excluding carboxylic acids is 3. The van der Waals surface area contributed by atoms with Crippen molar-refractivity contribution < 1.29 is 19.1 Å². The van der Waals surface area contributed by atoms with Gasteiger partial charge in [-0.05, 0) is 69.7 Å². The summed E-state index contributed by atoms with van der Waals surface area (Å²) in [6.45, 7) is 16.8. The molecule has 0 spiro atoms. The maximum absolute atomic E-state index is 14.1. The number of anilines is 1. The molecule has 0 saturated carbocycles. The highest BCUT2D eigenvalue weighted by atomic mass is 35.5. The van der Waals surface area contributed by atoms with Crippen LogP contribution < -0.4 is 10.6 Å². The van der Waals surface area contributed by atoms with Crippen LogP contribution in [-0.2, 0) is 14.3 Å². The van der Waals surface area contributed by atoms with E-state index in [2.05, 4.69) is 17.2 Å². The Hall–Kier alpha value is -3.32. The molecule has 0 aliphatic rings. The van der Waals surface area contributed by atoms with Crippen molar-refractivity contribution in [3.63, 3.8) is 0 Å². The van der Waals surface area contributed by atoms with E-state index in [1.54, 1.807) is 39.0 Å². The average molecular weight is 542 g/mol. The summed E-state index contributed by atoms with van der Waals surface area (Å²) >= 11 is 6.40. The van der Waals surface area contributed by atoms with Crippen molar-refractivity contribution in [2.75, 3.05) is 11.9 Å². The molecule has 2 unspecified atom stereocenters. The van der Waals surface area contributed by atoms with Gasteiger partial charge in [0.05, 0.1) is 10.7 Å². The molecule has 0 aliphatic carbocycles. The molecule has 0 radical (unpaired) electrons. The Morgan fingerprint density at radius 1 is 1.05 bits per heavy atom. The van der Waals surface area contributed by atoms with Crippen LogP contribution in [0.4, 0.5) is 10.5 Å². The smallest absolute Gasteiger partial charge is 0.408 e. The highest BCUT2D eigenvalue weighted by Gasteiger charge is 2.37. The second-order valence-electron chi connectivity index (χ2n) is 10.8. The van der Waals surface area contributed by atoms with Crippen molar-refractivity contribution in [1.29, 1.82) is 0 Å². The van der Waals surface area contributed by atoms with Gasteiger partial charge < -0.3 is 20.3 Å². The van der Waals surface area contributed by atoms with Crippen molar-refractivity contribution in [1.82, 2.24) is 10.2 Å². The minimum atomic E-state index is -1.01. The first-order valence-corrected chi connectivity index (χ1v) is 13.1. The third-order valence-corrected chi connectivity index (χ3v) is 6.13. The number of hydrogen-bond acceptors (Lipinski definition) is 4. The van der Waals surface area contributed by atoms with Crippen molar-refractivity contribution in [3.8, 4) is 0 Å². The lowest BCUT2D eigenvalue weighted by Gasteiger charge is -2.35. The van der Waals surface area contributed by atoms with Gasteiger partial charge in [0.25, 0.3) is 5.91 Å². The van der Waals surface area contributed by atoms with Gasteiger partial charge in [0.1, 0.15) is 17.7 Å². The maximum Gasteiger partial charge on any atom is 0.408 e. The number of carbonyl (C=O) groups is 3. The molecule has 0 saturated heterocycles. The Morgan fingerprint density at radius 2 is 1.68 bits per heavy atom. The minimum Gasteiger partial charge on any atom is -0.444 e. The average Bonchev–Trinajstić information content (AvgIpc) is 2.80. The molecule has 7 nitrogen and oxygen atoms in total. The molecule has 3 amide bonds. The molecule has 206 valence electrons. The minimum absolute atomic E-state index is 0.0807. The number of rotatable bonds is 10. The van der Waals surface area contributed by atoms with E-state index in [0.717, 1.165) is 11.1 Å². The number of halogens is 1. The van der Waals surface area contributed by atoms with Gasteiger partial charge in [-0.2, -0.15) is 0 Å². The van der Waals surface area contributed by atoms with E-state index >= 15 is 0 Å². The van der Waals surface area contributed by atoms with Crippen LogP contribution in [0.25, 0.3) is 0 Å². The first-order valence-electron chi connectivity index (χ1n) is 12.8. The number of para-hydroxylation sites is 1. The molecule has 2 N–H and O–H groups in total. The van der Waals surface area contributed by atoms with Crippen LogP contribution in [-0.4, -0.2) is 41.0 Å². The van der Waals surface area contributed by atoms with Crippen LogP contribution in [0.5, 0.6) is 0 Å². The van der Waals surface area contributed by atoms with E-state index < -0.39 is 35.6 Å². The largest absolute Gasteiger partial charge is 0.444 e. The van der Waals surface area contributed by atoms with Gasteiger partial charge in [-0.1, -0.05) is 67.9 Å². The Bertz CT molecular complexity index is 1140. The number of nitrogens with one attached hydrogen (secondary N) is 2. The summed E-state index contributed by atoms with van der Waals surface area (Å²) in [7, 11) is 0. The van der Waals surface area contributed by atoms with Crippen molar-refractivity contribution >= 4 is 35.2 Å². The summed E-state index contributed by atoms with van der Waals surface area (Å²) in [5, 5.41) is 6.07. The normalized spacial score (nSPS) is 12.9. The SMILES string of the molecule is C=CCN(C(=O)C(CC(C)C)NC(=O)OC(C)(C)C)C(C(=O)Nc1c(C)cccc1Cl)c1ccccc1C. The fraction of sp³-hybridized carbons (Fsp3) is 0.433. The molecule has 0 aromatic heterocycles. The topological polar surface area (TPSA) is 87.7 Å². The summed E-state index contributed by atoms with van der Waals surface area (Å²) in [4.78, 5) is 42.1. The van der Waals surface area contributed by atoms with E-state index in [-0.39, 0.29) is 12.5 Å².